The Morgan fingerprint density at radius 2 is 1.93 bits per heavy atom. The number of aromatic nitrogens is 2. The molecule has 1 amide bonds. The third-order valence-corrected chi connectivity index (χ3v) is 4.36. The molecule has 1 aromatic carbocycles. The fourth-order valence-corrected chi connectivity index (χ4v) is 2.73. The maximum absolute atomic E-state index is 14.5. The van der Waals surface area contributed by atoms with Crippen LogP contribution in [0.4, 0.5) is 23.2 Å². The van der Waals surface area contributed by atoms with E-state index in [1.807, 2.05) is 6.92 Å². The molecule has 0 aliphatic carbocycles. The predicted molar refractivity (Wildman–Crippen MR) is 92.9 cm³/mol. The third kappa shape index (κ3) is 3.62. The summed E-state index contributed by atoms with van der Waals surface area (Å²) in [6.07, 6.45) is -4.62. The number of benzene rings is 1. The molecule has 5 nitrogen and oxygen atoms in total. The van der Waals surface area contributed by atoms with E-state index in [1.165, 1.54) is 19.2 Å². The summed E-state index contributed by atoms with van der Waals surface area (Å²) in [5.74, 6) is -1.24. The van der Waals surface area contributed by atoms with Gasteiger partial charge in [-0.3, -0.25) is 14.5 Å². The maximum Gasteiger partial charge on any atom is 0.435 e. The molecule has 2 heterocycles. The van der Waals surface area contributed by atoms with Gasteiger partial charge < -0.3 is 5.32 Å². The summed E-state index contributed by atoms with van der Waals surface area (Å²) in [6, 6.07) is 4.54. The number of halogens is 4. The van der Waals surface area contributed by atoms with Crippen LogP contribution in [-0.4, -0.2) is 27.9 Å². The second-order valence-corrected chi connectivity index (χ2v) is 6.26. The van der Waals surface area contributed by atoms with Gasteiger partial charge in [0, 0.05) is 18.3 Å². The number of aryl methyl sites for hydroxylation is 1. The number of amides is 1. The molecule has 2 aromatic rings. The first-order valence-corrected chi connectivity index (χ1v) is 8.01. The second-order valence-electron chi connectivity index (χ2n) is 6.26. The van der Waals surface area contributed by atoms with Crippen LogP contribution in [0.1, 0.15) is 19.5 Å². The van der Waals surface area contributed by atoms with Crippen molar-refractivity contribution in [2.24, 2.45) is 12.0 Å². The third-order valence-electron chi connectivity index (χ3n) is 4.36. The average molecular weight is 380 g/mol. The molecule has 0 saturated heterocycles. The van der Waals surface area contributed by atoms with Crippen LogP contribution in [0.2, 0.25) is 0 Å². The topological polar surface area (TPSA) is 59.3 Å². The highest BCUT2D eigenvalue weighted by molar-refractivity contribution is 6.49. The smallest absolute Gasteiger partial charge is 0.321 e. The molecule has 3 rings (SSSR count). The average Bonchev–Trinajstić information content (AvgIpc) is 3.11. The van der Waals surface area contributed by atoms with Crippen molar-refractivity contribution in [3.05, 3.63) is 46.9 Å². The molecule has 27 heavy (non-hydrogen) atoms. The minimum atomic E-state index is -4.62. The summed E-state index contributed by atoms with van der Waals surface area (Å²) in [4.78, 5) is 16.4. The van der Waals surface area contributed by atoms with Crippen LogP contribution >= 0.6 is 0 Å². The zero-order valence-electron chi connectivity index (χ0n) is 14.8. The molecule has 0 spiro atoms. The first kappa shape index (κ1) is 18.8. The van der Waals surface area contributed by atoms with Crippen LogP contribution in [0.15, 0.2) is 40.4 Å². The molecule has 142 valence electrons. The molecule has 0 atom stereocenters. The van der Waals surface area contributed by atoms with Crippen LogP contribution in [0.3, 0.4) is 0 Å². The summed E-state index contributed by atoms with van der Waals surface area (Å²) < 4.78 is 53.8. The number of anilines is 1. The van der Waals surface area contributed by atoms with E-state index >= 15 is 0 Å². The molecule has 1 aliphatic heterocycles. The SMILES string of the molecule is CC1=C(C)C(C(=O)Nc2ccc(-c3cc(C(F)(F)F)nn3C)c(F)c2)=NC1. The molecule has 1 aromatic heterocycles. The van der Waals surface area contributed by atoms with E-state index in [1.54, 1.807) is 6.92 Å². The number of nitrogens with one attached hydrogen (secondary N) is 1. The minimum absolute atomic E-state index is 0.0210. The first-order chi connectivity index (χ1) is 12.6. The van der Waals surface area contributed by atoms with Crippen molar-refractivity contribution >= 4 is 17.3 Å². The number of carbonyl (C=O) groups excluding carboxylic acids is 1. The molecular weight excluding hydrogens is 364 g/mol. The number of aliphatic imine (C=N–C) groups is 1. The lowest BCUT2D eigenvalue weighted by atomic mass is 10.1. The zero-order valence-corrected chi connectivity index (χ0v) is 14.8. The van der Waals surface area contributed by atoms with Crippen LogP contribution in [-0.2, 0) is 18.0 Å². The molecule has 1 aliphatic rings. The molecule has 9 heteroatoms. The zero-order chi connectivity index (χ0) is 19.9. The number of carbonyl (C=O) groups is 1. The van der Waals surface area contributed by atoms with E-state index in [2.05, 4.69) is 15.4 Å². The standard InChI is InChI=1S/C18H16F4N4O/c1-9-8-23-16(10(9)2)17(27)24-11-4-5-12(13(19)6-11)14-7-15(18(20,21)22)25-26(14)3/h4-7H,8H2,1-3H3,(H,24,27). The summed E-state index contributed by atoms with van der Waals surface area (Å²) in [6.45, 7) is 4.10. The summed E-state index contributed by atoms with van der Waals surface area (Å²) >= 11 is 0. The molecular formula is C18H16F4N4O. The van der Waals surface area contributed by atoms with E-state index in [0.29, 0.717) is 12.3 Å². The Bertz CT molecular complexity index is 986. The lowest BCUT2D eigenvalue weighted by molar-refractivity contribution is -0.141. The molecule has 1 N–H and O–H groups in total. The van der Waals surface area contributed by atoms with Gasteiger partial charge in [0.25, 0.3) is 5.91 Å². The van der Waals surface area contributed by atoms with E-state index < -0.39 is 23.6 Å². The molecule has 0 fully saturated rings. The Kier molecular flexibility index (Phi) is 4.63. The van der Waals surface area contributed by atoms with Gasteiger partial charge in [0.15, 0.2) is 5.69 Å². The number of alkyl halides is 3. The van der Waals surface area contributed by atoms with Crippen LogP contribution < -0.4 is 5.32 Å². The Labute approximate surface area is 152 Å². The van der Waals surface area contributed by atoms with Gasteiger partial charge in [-0.2, -0.15) is 18.3 Å². The highest BCUT2D eigenvalue weighted by Crippen LogP contribution is 2.32. The summed E-state index contributed by atoms with van der Waals surface area (Å²) in [7, 11) is 1.30. The largest absolute Gasteiger partial charge is 0.435 e. The van der Waals surface area contributed by atoms with Crippen LogP contribution in [0.25, 0.3) is 11.3 Å². The quantitative estimate of drug-likeness (QED) is 0.819. The summed E-state index contributed by atoms with van der Waals surface area (Å²) in [5.41, 5.74) is 1.06. The van der Waals surface area contributed by atoms with E-state index in [-0.39, 0.29) is 16.9 Å². The van der Waals surface area contributed by atoms with Gasteiger partial charge >= 0.3 is 6.18 Å². The van der Waals surface area contributed by atoms with E-state index in [4.69, 9.17) is 0 Å². The summed E-state index contributed by atoms with van der Waals surface area (Å²) in [5, 5.41) is 5.92. The highest BCUT2D eigenvalue weighted by Gasteiger charge is 2.35. The van der Waals surface area contributed by atoms with Gasteiger partial charge in [-0.1, -0.05) is 0 Å². The normalized spacial score (nSPS) is 14.6. The van der Waals surface area contributed by atoms with Crippen molar-refractivity contribution in [2.75, 3.05) is 11.9 Å². The van der Waals surface area contributed by atoms with Gasteiger partial charge in [-0.05, 0) is 49.3 Å². The monoisotopic (exact) mass is 380 g/mol. The Balaban J connectivity index is 1.85. The predicted octanol–water partition coefficient (Wildman–Crippen LogP) is 3.97. The Hall–Kier alpha value is -2.97. The second kappa shape index (κ2) is 6.64. The van der Waals surface area contributed by atoms with Gasteiger partial charge in [0.05, 0.1) is 12.2 Å². The molecule has 0 unspecified atom stereocenters. The van der Waals surface area contributed by atoms with E-state index in [0.717, 1.165) is 28.0 Å². The fraction of sp³-hybridized carbons (Fsp3) is 0.278. The van der Waals surface area contributed by atoms with Gasteiger partial charge in [-0.25, -0.2) is 4.39 Å². The number of rotatable bonds is 3. The Morgan fingerprint density at radius 3 is 2.44 bits per heavy atom. The lowest BCUT2D eigenvalue weighted by Gasteiger charge is -2.09. The van der Waals surface area contributed by atoms with Crippen molar-refractivity contribution in [3.8, 4) is 11.3 Å². The van der Waals surface area contributed by atoms with Crippen molar-refractivity contribution in [1.82, 2.24) is 9.78 Å². The van der Waals surface area contributed by atoms with E-state index in [9.17, 15) is 22.4 Å². The van der Waals surface area contributed by atoms with Crippen LogP contribution in [0.5, 0.6) is 0 Å². The van der Waals surface area contributed by atoms with Crippen molar-refractivity contribution in [2.45, 2.75) is 20.0 Å². The molecule has 0 bridgehead atoms. The van der Waals surface area contributed by atoms with Gasteiger partial charge in [0.2, 0.25) is 0 Å². The van der Waals surface area contributed by atoms with Crippen molar-refractivity contribution < 1.29 is 22.4 Å². The number of nitrogens with zero attached hydrogens (tertiary/aromatic N) is 3. The maximum atomic E-state index is 14.5. The number of hydrogen-bond donors (Lipinski definition) is 1. The van der Waals surface area contributed by atoms with Crippen LogP contribution in [0, 0.1) is 5.82 Å². The number of hydrogen-bond acceptors (Lipinski definition) is 3. The minimum Gasteiger partial charge on any atom is -0.321 e. The first-order valence-electron chi connectivity index (χ1n) is 8.01. The lowest BCUT2D eigenvalue weighted by Crippen LogP contribution is -2.22. The van der Waals surface area contributed by atoms with Gasteiger partial charge in [-0.15, -0.1) is 0 Å². The highest BCUT2D eigenvalue weighted by atomic mass is 19.4. The molecule has 0 saturated carbocycles. The molecule has 0 radical (unpaired) electrons. The fourth-order valence-electron chi connectivity index (χ4n) is 2.73. The van der Waals surface area contributed by atoms with Crippen molar-refractivity contribution in [3.63, 3.8) is 0 Å². The van der Waals surface area contributed by atoms with Gasteiger partial charge in [0.1, 0.15) is 11.5 Å². The Morgan fingerprint density at radius 1 is 1.22 bits per heavy atom. The van der Waals surface area contributed by atoms with Crippen molar-refractivity contribution in [1.29, 1.82) is 0 Å².